The summed E-state index contributed by atoms with van der Waals surface area (Å²) in [4.78, 5) is 2.30. The average Bonchev–Trinajstić information content (AvgIpc) is 2.47. The van der Waals surface area contributed by atoms with Crippen molar-refractivity contribution in [3.05, 3.63) is 0 Å². The smallest absolute Gasteiger partial charge is 0.137 e. The largest absolute Gasteiger partial charge is 0.377 e. The van der Waals surface area contributed by atoms with Crippen molar-refractivity contribution in [3.8, 4) is 0 Å². The third kappa shape index (κ3) is 2.23. The summed E-state index contributed by atoms with van der Waals surface area (Å²) in [6.07, 6.45) is 0. The first-order chi connectivity index (χ1) is 6.40. The molecule has 0 spiro atoms. The first-order valence-corrected chi connectivity index (χ1v) is 6.29. The molecule has 4 heteroatoms. The normalized spacial score (nSPS) is 23.7. The van der Waals surface area contributed by atoms with Gasteiger partial charge in [-0.2, -0.15) is 0 Å². The number of rotatable bonds is 3. The van der Waals surface area contributed by atoms with Crippen LogP contribution in [0.3, 0.4) is 0 Å². The van der Waals surface area contributed by atoms with Gasteiger partial charge in [0.2, 0.25) is 0 Å². The maximum Gasteiger partial charge on any atom is 0.137 e. The number of nitrogens with zero attached hydrogens (tertiary/aromatic N) is 1. The fraction of sp³-hybridized carbons (Fsp3) is 0.900. The Balaban J connectivity index is 2.84. The second-order valence-corrected chi connectivity index (χ2v) is 6.06. The monoisotopic (exact) mass is 233 g/mol. The number of thioether (sulfide) groups is 1. The second kappa shape index (κ2) is 4.37. The fourth-order valence-electron chi connectivity index (χ4n) is 1.67. The van der Waals surface area contributed by atoms with Crippen molar-refractivity contribution in [2.45, 2.75) is 45.4 Å². The van der Waals surface area contributed by atoms with Gasteiger partial charge in [-0.05, 0) is 27.7 Å². The third-order valence-electron chi connectivity index (χ3n) is 2.80. The fourth-order valence-corrected chi connectivity index (χ4v) is 3.57. The molecule has 2 nitrogen and oxygen atoms in total. The minimum Gasteiger partial charge on any atom is -0.377 e. The predicted molar refractivity (Wildman–Crippen MR) is 66.9 cm³/mol. The Hall–Kier alpha value is 0.200. The van der Waals surface area contributed by atoms with Gasteiger partial charge in [-0.1, -0.05) is 24.0 Å². The Morgan fingerprint density at radius 3 is 2.57 bits per heavy atom. The quantitative estimate of drug-likeness (QED) is 0.694. The van der Waals surface area contributed by atoms with E-state index in [4.69, 9.17) is 17.0 Å². The number of methoxy groups -OCH3 is 1. The molecule has 0 radical (unpaired) electrons. The molecule has 0 N–H and O–H groups in total. The van der Waals surface area contributed by atoms with Crippen LogP contribution in [0.1, 0.15) is 27.7 Å². The van der Waals surface area contributed by atoms with Crippen LogP contribution in [0.15, 0.2) is 0 Å². The Morgan fingerprint density at radius 2 is 2.14 bits per heavy atom. The van der Waals surface area contributed by atoms with Gasteiger partial charge < -0.3 is 9.64 Å². The summed E-state index contributed by atoms with van der Waals surface area (Å²) in [6, 6.07) is 0.849. The van der Waals surface area contributed by atoms with Crippen molar-refractivity contribution >= 4 is 28.3 Å². The molecule has 0 unspecified atom stereocenters. The van der Waals surface area contributed by atoms with E-state index in [0.29, 0.717) is 12.1 Å². The van der Waals surface area contributed by atoms with E-state index in [1.807, 2.05) is 0 Å². The highest BCUT2D eigenvalue weighted by molar-refractivity contribution is 8.23. The van der Waals surface area contributed by atoms with Gasteiger partial charge in [0, 0.05) is 18.9 Å². The van der Waals surface area contributed by atoms with E-state index in [9.17, 15) is 0 Å². The molecule has 0 amide bonds. The zero-order chi connectivity index (χ0) is 10.9. The maximum absolute atomic E-state index is 5.54. The number of hydrogen-bond donors (Lipinski definition) is 0. The molecule has 14 heavy (non-hydrogen) atoms. The van der Waals surface area contributed by atoms with Crippen LogP contribution in [0.2, 0.25) is 0 Å². The Kier molecular flexibility index (Phi) is 3.83. The van der Waals surface area contributed by atoms with Crippen LogP contribution < -0.4 is 0 Å². The minimum absolute atomic E-state index is 0.127. The lowest BCUT2D eigenvalue weighted by Crippen LogP contribution is -2.51. The summed E-state index contributed by atoms with van der Waals surface area (Å²) in [7, 11) is 1.77. The molecule has 1 heterocycles. The van der Waals surface area contributed by atoms with E-state index in [-0.39, 0.29) is 5.60 Å². The highest BCUT2D eigenvalue weighted by Crippen LogP contribution is 2.33. The third-order valence-corrected chi connectivity index (χ3v) is 4.30. The molecule has 0 aromatic rings. The molecule has 1 aliphatic rings. The average molecular weight is 233 g/mol. The standard InChI is InChI=1S/C10H19NOS2/c1-7(2)11-8(6-14-9(11)13)10(3,4)12-5/h7-8H,6H2,1-5H3/t8-/m0/s1. The highest BCUT2D eigenvalue weighted by atomic mass is 32.2. The van der Waals surface area contributed by atoms with Gasteiger partial charge in [-0.25, -0.2) is 0 Å². The van der Waals surface area contributed by atoms with Crippen molar-refractivity contribution in [2.24, 2.45) is 0 Å². The molecule has 0 aromatic heterocycles. The SMILES string of the molecule is COC(C)(C)[C@@H]1CSC(=S)N1C(C)C. The molecule has 1 aliphatic heterocycles. The molecule has 0 saturated carbocycles. The van der Waals surface area contributed by atoms with Gasteiger partial charge in [0.15, 0.2) is 0 Å². The molecule has 1 saturated heterocycles. The molecule has 1 fully saturated rings. The Labute approximate surface area is 96.4 Å². The van der Waals surface area contributed by atoms with Crippen molar-refractivity contribution in [1.82, 2.24) is 4.90 Å². The summed E-state index contributed by atoms with van der Waals surface area (Å²) in [6.45, 7) is 8.61. The Bertz CT molecular complexity index is 228. The van der Waals surface area contributed by atoms with Crippen LogP contribution in [-0.4, -0.2) is 39.8 Å². The van der Waals surface area contributed by atoms with Gasteiger partial charge in [0.1, 0.15) is 4.32 Å². The van der Waals surface area contributed by atoms with E-state index in [2.05, 4.69) is 32.6 Å². The van der Waals surface area contributed by atoms with Crippen LogP contribution >= 0.6 is 24.0 Å². The first kappa shape index (κ1) is 12.3. The van der Waals surface area contributed by atoms with E-state index < -0.39 is 0 Å². The van der Waals surface area contributed by atoms with Crippen molar-refractivity contribution in [1.29, 1.82) is 0 Å². The zero-order valence-electron chi connectivity index (χ0n) is 9.53. The number of hydrogen-bond acceptors (Lipinski definition) is 3. The molecule has 82 valence electrons. The van der Waals surface area contributed by atoms with Gasteiger partial charge >= 0.3 is 0 Å². The number of thiocarbonyl (C=S) groups is 1. The van der Waals surface area contributed by atoms with Crippen LogP contribution in [0, 0.1) is 0 Å². The van der Waals surface area contributed by atoms with Crippen LogP contribution in [0.5, 0.6) is 0 Å². The van der Waals surface area contributed by atoms with E-state index in [1.165, 1.54) is 0 Å². The van der Waals surface area contributed by atoms with E-state index >= 15 is 0 Å². The second-order valence-electron chi connectivity index (χ2n) is 4.40. The summed E-state index contributed by atoms with van der Waals surface area (Å²) in [5.74, 6) is 1.04. The van der Waals surface area contributed by atoms with Gasteiger partial charge in [-0.3, -0.25) is 0 Å². The van der Waals surface area contributed by atoms with Crippen molar-refractivity contribution in [2.75, 3.05) is 12.9 Å². The van der Waals surface area contributed by atoms with Crippen molar-refractivity contribution < 1.29 is 4.74 Å². The van der Waals surface area contributed by atoms with Crippen LogP contribution in [-0.2, 0) is 4.74 Å². The predicted octanol–water partition coefficient (Wildman–Crippen LogP) is 2.52. The molecule has 0 aliphatic carbocycles. The van der Waals surface area contributed by atoms with Gasteiger partial charge in [0.05, 0.1) is 11.6 Å². The van der Waals surface area contributed by atoms with Crippen LogP contribution in [0.25, 0.3) is 0 Å². The van der Waals surface area contributed by atoms with E-state index in [1.54, 1.807) is 18.9 Å². The maximum atomic E-state index is 5.54. The van der Waals surface area contributed by atoms with Crippen LogP contribution in [0.4, 0.5) is 0 Å². The highest BCUT2D eigenvalue weighted by Gasteiger charge is 2.41. The summed E-state index contributed by atoms with van der Waals surface area (Å²) in [5.41, 5.74) is -0.127. The summed E-state index contributed by atoms with van der Waals surface area (Å²) in [5, 5.41) is 0. The molecule has 0 aromatic carbocycles. The van der Waals surface area contributed by atoms with Crippen molar-refractivity contribution in [3.63, 3.8) is 0 Å². The molecular weight excluding hydrogens is 214 g/mol. The first-order valence-electron chi connectivity index (χ1n) is 4.90. The summed E-state index contributed by atoms with van der Waals surface area (Å²) >= 11 is 7.11. The van der Waals surface area contributed by atoms with E-state index in [0.717, 1.165) is 10.1 Å². The lowest BCUT2D eigenvalue weighted by molar-refractivity contribution is -0.0297. The topological polar surface area (TPSA) is 12.5 Å². The van der Waals surface area contributed by atoms with Gasteiger partial charge in [-0.15, -0.1) is 0 Å². The molecular formula is C10H19NOS2. The lowest BCUT2D eigenvalue weighted by Gasteiger charge is -2.39. The summed E-state index contributed by atoms with van der Waals surface area (Å²) < 4.78 is 6.55. The Morgan fingerprint density at radius 1 is 1.57 bits per heavy atom. The minimum atomic E-state index is -0.127. The zero-order valence-corrected chi connectivity index (χ0v) is 11.2. The molecule has 0 bridgehead atoms. The lowest BCUT2D eigenvalue weighted by atomic mass is 9.98. The number of ether oxygens (including phenoxy) is 1. The van der Waals surface area contributed by atoms with Gasteiger partial charge in [0.25, 0.3) is 0 Å². The molecule has 1 rings (SSSR count). The molecule has 1 atom stereocenters.